The molecule has 3 heteroatoms. The lowest BCUT2D eigenvalue weighted by molar-refractivity contribution is 0.0542. The van der Waals surface area contributed by atoms with E-state index in [-0.39, 0.29) is 6.10 Å². The standard InChI is InChI=1S/C17H14BrNO/c18-13-8-5-12(6-9-13)16-15-10-7-11-3-1-2-4-14(11)17(15)20-19-16/h1-6,8-9,15,17H,7,10H2. The van der Waals surface area contributed by atoms with Crippen LogP contribution in [-0.2, 0) is 11.3 Å². The molecule has 20 heavy (non-hydrogen) atoms. The molecule has 0 saturated carbocycles. The second-order valence-corrected chi connectivity index (χ2v) is 6.27. The predicted molar refractivity (Wildman–Crippen MR) is 82.8 cm³/mol. The maximum atomic E-state index is 5.76. The van der Waals surface area contributed by atoms with Gasteiger partial charge in [-0.15, -0.1) is 0 Å². The maximum Gasteiger partial charge on any atom is 0.161 e. The van der Waals surface area contributed by atoms with E-state index in [0.717, 1.165) is 23.0 Å². The highest BCUT2D eigenvalue weighted by atomic mass is 79.9. The fourth-order valence-corrected chi connectivity index (χ4v) is 3.46. The Morgan fingerprint density at radius 2 is 1.85 bits per heavy atom. The Morgan fingerprint density at radius 3 is 2.70 bits per heavy atom. The summed E-state index contributed by atoms with van der Waals surface area (Å²) in [4.78, 5) is 5.76. The molecule has 4 rings (SSSR count). The van der Waals surface area contributed by atoms with Crippen LogP contribution in [0.1, 0.15) is 29.2 Å². The third-order valence-electron chi connectivity index (χ3n) is 4.21. The first kappa shape index (κ1) is 12.2. The molecule has 1 aliphatic heterocycles. The van der Waals surface area contributed by atoms with Gasteiger partial charge in [0, 0.05) is 10.4 Å². The largest absolute Gasteiger partial charge is 0.387 e. The summed E-state index contributed by atoms with van der Waals surface area (Å²) in [5.74, 6) is 0.381. The number of halogens is 1. The van der Waals surface area contributed by atoms with Crippen LogP contribution < -0.4 is 0 Å². The normalized spacial score (nSPS) is 23.6. The van der Waals surface area contributed by atoms with Crippen molar-refractivity contribution in [1.29, 1.82) is 0 Å². The van der Waals surface area contributed by atoms with E-state index in [0.29, 0.717) is 5.92 Å². The smallest absolute Gasteiger partial charge is 0.161 e. The van der Waals surface area contributed by atoms with E-state index in [1.165, 1.54) is 16.7 Å². The topological polar surface area (TPSA) is 21.6 Å². The summed E-state index contributed by atoms with van der Waals surface area (Å²) in [6, 6.07) is 16.9. The molecular formula is C17H14BrNO. The van der Waals surface area contributed by atoms with Crippen LogP contribution in [0, 0.1) is 5.92 Å². The summed E-state index contributed by atoms with van der Waals surface area (Å²) in [6.45, 7) is 0. The Kier molecular flexibility index (Phi) is 2.88. The van der Waals surface area contributed by atoms with Crippen LogP contribution >= 0.6 is 15.9 Å². The number of rotatable bonds is 1. The number of oxime groups is 1. The monoisotopic (exact) mass is 327 g/mol. The molecule has 1 heterocycles. The molecule has 0 fully saturated rings. The van der Waals surface area contributed by atoms with Crippen LogP contribution in [0.4, 0.5) is 0 Å². The van der Waals surface area contributed by atoms with Gasteiger partial charge in [0.25, 0.3) is 0 Å². The second kappa shape index (κ2) is 4.74. The van der Waals surface area contributed by atoms with E-state index in [1.54, 1.807) is 0 Å². The van der Waals surface area contributed by atoms with Gasteiger partial charge in [-0.05, 0) is 41.7 Å². The molecule has 0 radical (unpaired) electrons. The van der Waals surface area contributed by atoms with Crippen LogP contribution in [0.15, 0.2) is 58.2 Å². The minimum Gasteiger partial charge on any atom is -0.387 e. The lowest BCUT2D eigenvalue weighted by atomic mass is 9.78. The summed E-state index contributed by atoms with van der Waals surface area (Å²) < 4.78 is 1.09. The SMILES string of the molecule is Brc1ccc(C2=NOC3c4ccccc4CCC23)cc1. The van der Waals surface area contributed by atoms with Crippen LogP contribution in [-0.4, -0.2) is 5.71 Å². The van der Waals surface area contributed by atoms with E-state index in [1.807, 2.05) is 0 Å². The summed E-state index contributed by atoms with van der Waals surface area (Å²) in [5, 5.41) is 4.38. The molecule has 2 aromatic carbocycles. The van der Waals surface area contributed by atoms with Gasteiger partial charge in [-0.2, -0.15) is 0 Å². The molecule has 0 amide bonds. The molecule has 2 aromatic rings. The molecule has 2 unspecified atom stereocenters. The van der Waals surface area contributed by atoms with Crippen molar-refractivity contribution in [3.8, 4) is 0 Å². The van der Waals surface area contributed by atoms with Crippen molar-refractivity contribution < 1.29 is 4.84 Å². The summed E-state index contributed by atoms with van der Waals surface area (Å²) in [7, 11) is 0. The van der Waals surface area contributed by atoms with Crippen molar-refractivity contribution in [2.75, 3.05) is 0 Å². The van der Waals surface area contributed by atoms with E-state index in [9.17, 15) is 0 Å². The van der Waals surface area contributed by atoms with E-state index in [2.05, 4.69) is 69.6 Å². The van der Waals surface area contributed by atoms with E-state index < -0.39 is 0 Å². The highest BCUT2D eigenvalue weighted by molar-refractivity contribution is 9.10. The van der Waals surface area contributed by atoms with Gasteiger partial charge in [-0.3, -0.25) is 0 Å². The minimum absolute atomic E-state index is 0.0959. The molecule has 0 aromatic heterocycles. The molecule has 1 aliphatic carbocycles. The molecule has 0 spiro atoms. The van der Waals surface area contributed by atoms with Crippen molar-refractivity contribution in [2.45, 2.75) is 18.9 Å². The zero-order valence-electron chi connectivity index (χ0n) is 10.9. The van der Waals surface area contributed by atoms with Gasteiger partial charge in [0.15, 0.2) is 6.10 Å². The average molecular weight is 328 g/mol. The Labute approximate surface area is 126 Å². The molecular weight excluding hydrogens is 314 g/mol. The zero-order valence-corrected chi connectivity index (χ0v) is 12.5. The summed E-state index contributed by atoms with van der Waals surface area (Å²) in [5.41, 5.74) is 4.97. The highest BCUT2D eigenvalue weighted by Crippen LogP contribution is 2.42. The fourth-order valence-electron chi connectivity index (χ4n) is 3.20. The van der Waals surface area contributed by atoms with E-state index in [4.69, 9.17) is 4.84 Å². The molecule has 0 bridgehead atoms. The van der Waals surface area contributed by atoms with E-state index >= 15 is 0 Å². The van der Waals surface area contributed by atoms with Crippen molar-refractivity contribution in [2.24, 2.45) is 11.1 Å². The van der Waals surface area contributed by atoms with Gasteiger partial charge in [0.1, 0.15) is 0 Å². The third-order valence-corrected chi connectivity index (χ3v) is 4.74. The van der Waals surface area contributed by atoms with Crippen LogP contribution in [0.3, 0.4) is 0 Å². The van der Waals surface area contributed by atoms with Crippen molar-refractivity contribution in [3.05, 3.63) is 69.7 Å². The number of hydrogen-bond donors (Lipinski definition) is 0. The van der Waals surface area contributed by atoms with Gasteiger partial charge < -0.3 is 4.84 Å². The lowest BCUT2D eigenvalue weighted by Crippen LogP contribution is -2.24. The maximum absolute atomic E-state index is 5.76. The Balaban J connectivity index is 1.69. The van der Waals surface area contributed by atoms with Crippen LogP contribution in [0.2, 0.25) is 0 Å². The number of benzene rings is 2. The second-order valence-electron chi connectivity index (χ2n) is 5.35. The van der Waals surface area contributed by atoms with Crippen molar-refractivity contribution >= 4 is 21.6 Å². The summed E-state index contributed by atoms with van der Waals surface area (Å²) in [6.07, 6.45) is 2.31. The molecule has 2 nitrogen and oxygen atoms in total. The number of hydrogen-bond acceptors (Lipinski definition) is 2. The first-order valence-electron chi connectivity index (χ1n) is 6.90. The van der Waals surface area contributed by atoms with Gasteiger partial charge in [0.2, 0.25) is 0 Å². The van der Waals surface area contributed by atoms with Crippen molar-refractivity contribution in [1.82, 2.24) is 0 Å². The van der Waals surface area contributed by atoms with Gasteiger partial charge in [-0.25, -0.2) is 0 Å². The Hall–Kier alpha value is -1.61. The quantitative estimate of drug-likeness (QED) is 0.756. The van der Waals surface area contributed by atoms with Crippen LogP contribution in [0.25, 0.3) is 0 Å². The molecule has 2 aliphatic rings. The lowest BCUT2D eigenvalue weighted by Gasteiger charge is -2.26. The highest BCUT2D eigenvalue weighted by Gasteiger charge is 2.39. The number of fused-ring (bicyclic) bond motifs is 3. The Bertz CT molecular complexity index is 678. The fraction of sp³-hybridized carbons (Fsp3) is 0.235. The van der Waals surface area contributed by atoms with Gasteiger partial charge >= 0.3 is 0 Å². The van der Waals surface area contributed by atoms with Crippen molar-refractivity contribution in [3.63, 3.8) is 0 Å². The summed E-state index contributed by atoms with van der Waals surface area (Å²) >= 11 is 3.47. The number of aryl methyl sites for hydroxylation is 1. The molecule has 0 N–H and O–H groups in total. The third kappa shape index (κ3) is 1.88. The first-order valence-corrected chi connectivity index (χ1v) is 7.70. The first-order chi connectivity index (χ1) is 9.83. The average Bonchev–Trinajstić information content (AvgIpc) is 2.92. The minimum atomic E-state index is 0.0959. The number of nitrogens with zero attached hydrogens (tertiary/aromatic N) is 1. The van der Waals surface area contributed by atoms with Gasteiger partial charge in [0.05, 0.1) is 5.71 Å². The van der Waals surface area contributed by atoms with Crippen LogP contribution in [0.5, 0.6) is 0 Å². The molecule has 0 saturated heterocycles. The molecule has 100 valence electrons. The molecule has 2 atom stereocenters. The Morgan fingerprint density at radius 1 is 1.05 bits per heavy atom. The predicted octanol–water partition coefficient (Wildman–Crippen LogP) is 4.49. The zero-order chi connectivity index (χ0) is 13.5. The van der Waals surface area contributed by atoms with Gasteiger partial charge in [-0.1, -0.05) is 57.5 Å².